The van der Waals surface area contributed by atoms with Crippen molar-refractivity contribution in [1.29, 1.82) is 0 Å². The first-order valence-electron chi connectivity index (χ1n) is 10.5. The molecule has 0 spiro atoms. The van der Waals surface area contributed by atoms with E-state index in [1.807, 2.05) is 0 Å². The molecule has 2 fully saturated rings. The Hall–Kier alpha value is -2.11. The number of hydrogen-bond donors (Lipinski definition) is 2. The van der Waals surface area contributed by atoms with E-state index in [4.69, 9.17) is 9.97 Å². The van der Waals surface area contributed by atoms with Gasteiger partial charge in [-0.05, 0) is 44.4 Å². The largest absolute Gasteiger partial charge is 0.341 e. The fraction of sp³-hybridized carbons (Fsp3) is 0.667. The molecule has 3 heterocycles. The van der Waals surface area contributed by atoms with Crippen molar-refractivity contribution in [3.8, 4) is 0 Å². The van der Waals surface area contributed by atoms with Crippen molar-refractivity contribution < 1.29 is 0 Å². The molecule has 0 aromatic carbocycles. The Bertz CT molecular complexity index is 842. The van der Waals surface area contributed by atoms with Crippen LogP contribution in [-0.4, -0.2) is 33.3 Å². The van der Waals surface area contributed by atoms with Crippen molar-refractivity contribution in [3.05, 3.63) is 23.0 Å². The Morgan fingerprint density at radius 2 is 1.93 bits per heavy atom. The van der Waals surface area contributed by atoms with Crippen molar-refractivity contribution >= 4 is 17.6 Å². The highest BCUT2D eigenvalue weighted by atomic mass is 15.3. The second-order valence-electron chi connectivity index (χ2n) is 9.36. The quantitative estimate of drug-likeness (QED) is 0.845. The van der Waals surface area contributed by atoms with E-state index >= 15 is 0 Å². The molecule has 0 radical (unpaired) electrons. The topological polar surface area (TPSA) is 69.7 Å². The van der Waals surface area contributed by atoms with Crippen LogP contribution in [0.5, 0.6) is 0 Å². The predicted molar refractivity (Wildman–Crippen MR) is 108 cm³/mol. The summed E-state index contributed by atoms with van der Waals surface area (Å²) in [5, 5.41) is 11.2. The smallest absolute Gasteiger partial charge is 0.227 e. The van der Waals surface area contributed by atoms with Crippen molar-refractivity contribution in [1.82, 2.24) is 20.2 Å². The molecule has 6 heteroatoms. The maximum Gasteiger partial charge on any atom is 0.227 e. The van der Waals surface area contributed by atoms with Crippen LogP contribution in [0.1, 0.15) is 75.7 Å². The zero-order chi connectivity index (χ0) is 18.6. The van der Waals surface area contributed by atoms with E-state index in [2.05, 4.69) is 47.3 Å². The summed E-state index contributed by atoms with van der Waals surface area (Å²) in [7, 11) is 0. The lowest BCUT2D eigenvalue weighted by Gasteiger charge is -2.31. The van der Waals surface area contributed by atoms with Crippen molar-refractivity contribution in [2.45, 2.75) is 70.6 Å². The molecular weight excluding hydrogens is 336 g/mol. The van der Waals surface area contributed by atoms with Gasteiger partial charge in [0.1, 0.15) is 5.82 Å². The summed E-state index contributed by atoms with van der Waals surface area (Å²) >= 11 is 0. The first kappa shape index (κ1) is 17.0. The van der Waals surface area contributed by atoms with Gasteiger partial charge in [-0.1, -0.05) is 20.8 Å². The van der Waals surface area contributed by atoms with Gasteiger partial charge in [0.2, 0.25) is 5.95 Å². The molecule has 1 saturated carbocycles. The van der Waals surface area contributed by atoms with E-state index in [1.165, 1.54) is 42.6 Å². The van der Waals surface area contributed by atoms with Gasteiger partial charge in [-0.2, -0.15) is 10.1 Å². The van der Waals surface area contributed by atoms with Crippen LogP contribution in [0.2, 0.25) is 0 Å². The van der Waals surface area contributed by atoms with Crippen LogP contribution < -0.4 is 10.2 Å². The highest BCUT2D eigenvalue weighted by Crippen LogP contribution is 2.42. The average molecular weight is 367 g/mol. The molecule has 2 aromatic heterocycles. The van der Waals surface area contributed by atoms with Gasteiger partial charge in [0, 0.05) is 41.7 Å². The molecule has 6 nitrogen and oxygen atoms in total. The number of rotatable bonds is 4. The van der Waals surface area contributed by atoms with Gasteiger partial charge in [-0.15, -0.1) is 0 Å². The van der Waals surface area contributed by atoms with Crippen molar-refractivity contribution in [3.63, 3.8) is 0 Å². The zero-order valence-electron chi connectivity index (χ0n) is 16.7. The Labute approximate surface area is 161 Å². The molecule has 1 saturated heterocycles. The van der Waals surface area contributed by atoms with Gasteiger partial charge < -0.3 is 10.2 Å². The monoisotopic (exact) mass is 366 g/mol. The number of aromatic amines is 1. The molecule has 144 valence electrons. The molecule has 27 heavy (non-hydrogen) atoms. The number of hydrogen-bond acceptors (Lipinski definition) is 5. The lowest BCUT2D eigenvalue weighted by atomic mass is 9.90. The highest BCUT2D eigenvalue weighted by Gasteiger charge is 2.35. The van der Waals surface area contributed by atoms with Crippen LogP contribution in [-0.2, 0) is 11.8 Å². The fourth-order valence-electron chi connectivity index (χ4n) is 4.40. The number of fused-ring (bicyclic) bond motifs is 1. The van der Waals surface area contributed by atoms with Gasteiger partial charge in [0.25, 0.3) is 0 Å². The molecule has 0 amide bonds. The van der Waals surface area contributed by atoms with Gasteiger partial charge >= 0.3 is 0 Å². The molecule has 3 aliphatic rings. The second-order valence-corrected chi connectivity index (χ2v) is 9.36. The molecule has 2 N–H and O–H groups in total. The molecule has 0 bridgehead atoms. The Morgan fingerprint density at radius 1 is 1.15 bits per heavy atom. The van der Waals surface area contributed by atoms with Crippen LogP contribution in [0.3, 0.4) is 0 Å². The summed E-state index contributed by atoms with van der Waals surface area (Å²) in [6.07, 6.45) is 7.14. The first-order valence-corrected chi connectivity index (χ1v) is 10.5. The zero-order valence-corrected chi connectivity index (χ0v) is 16.7. The number of H-pyrrole nitrogens is 1. The minimum Gasteiger partial charge on any atom is -0.341 e. The van der Waals surface area contributed by atoms with Crippen molar-refractivity contribution in [2.24, 2.45) is 5.92 Å². The Morgan fingerprint density at radius 3 is 2.67 bits per heavy atom. The van der Waals surface area contributed by atoms with Crippen LogP contribution in [0.25, 0.3) is 0 Å². The Balaban J connectivity index is 1.49. The van der Waals surface area contributed by atoms with E-state index < -0.39 is 0 Å². The third-order valence-electron chi connectivity index (χ3n) is 6.56. The fourth-order valence-corrected chi connectivity index (χ4v) is 4.40. The molecular formula is C21H30N6. The molecule has 1 aliphatic heterocycles. The van der Waals surface area contributed by atoms with E-state index in [0.29, 0.717) is 5.92 Å². The van der Waals surface area contributed by atoms with Gasteiger partial charge in [0.15, 0.2) is 5.82 Å². The molecule has 0 atom stereocenters. The third-order valence-corrected chi connectivity index (χ3v) is 6.56. The Kier molecular flexibility index (Phi) is 3.92. The van der Waals surface area contributed by atoms with E-state index in [9.17, 15) is 0 Å². The number of nitrogens with one attached hydrogen (secondary N) is 2. The molecule has 2 aromatic rings. The minimum absolute atomic E-state index is 0.108. The maximum atomic E-state index is 5.05. The van der Waals surface area contributed by atoms with Gasteiger partial charge in [-0.3, -0.25) is 5.10 Å². The van der Waals surface area contributed by atoms with E-state index in [-0.39, 0.29) is 5.41 Å². The number of nitrogens with zero attached hydrogens (tertiary/aromatic N) is 4. The number of aromatic nitrogens is 4. The summed E-state index contributed by atoms with van der Waals surface area (Å²) < 4.78 is 0. The number of anilines is 3. The lowest BCUT2D eigenvalue weighted by Crippen LogP contribution is -2.34. The van der Waals surface area contributed by atoms with Crippen LogP contribution in [0.15, 0.2) is 6.07 Å². The third kappa shape index (κ3) is 3.19. The average Bonchev–Trinajstić information content (AvgIpc) is 3.32. The van der Waals surface area contributed by atoms with E-state index in [1.54, 1.807) is 0 Å². The van der Waals surface area contributed by atoms with Gasteiger partial charge in [0.05, 0.1) is 5.69 Å². The van der Waals surface area contributed by atoms with Crippen LogP contribution in [0, 0.1) is 5.92 Å². The number of piperidine rings is 1. The first-order chi connectivity index (χ1) is 13.0. The summed E-state index contributed by atoms with van der Waals surface area (Å²) in [4.78, 5) is 12.4. The second kappa shape index (κ2) is 6.21. The minimum atomic E-state index is 0.108. The summed E-state index contributed by atoms with van der Waals surface area (Å²) in [5.41, 5.74) is 3.84. The van der Waals surface area contributed by atoms with Crippen LogP contribution >= 0.6 is 0 Å². The normalized spacial score (nSPS) is 22.1. The van der Waals surface area contributed by atoms with Gasteiger partial charge in [-0.25, -0.2) is 4.98 Å². The molecule has 2 aliphatic carbocycles. The van der Waals surface area contributed by atoms with E-state index in [0.717, 1.165) is 49.4 Å². The summed E-state index contributed by atoms with van der Waals surface area (Å²) in [5.74, 6) is 4.19. The predicted octanol–water partition coefficient (Wildman–Crippen LogP) is 4.28. The van der Waals surface area contributed by atoms with Crippen molar-refractivity contribution in [2.75, 3.05) is 23.3 Å². The molecule has 0 unspecified atom stereocenters. The maximum absolute atomic E-state index is 5.05. The lowest BCUT2D eigenvalue weighted by molar-refractivity contribution is 0.433. The standard InChI is InChI=1S/C21H30N6/c1-13-7-10-27(11-8-13)20-23-18-15(6-9-21(18,2)3)19(24-20)22-17-12-16(25-26-17)14-4-5-14/h12-14H,4-11H2,1-3H3,(H2,22,23,24,25,26). The summed E-state index contributed by atoms with van der Waals surface area (Å²) in [6, 6.07) is 2.15. The SMILES string of the molecule is CC1CCN(c2nc(Nc3cc(C4CC4)[nH]n3)c3c(n2)C(C)(C)CC3)CC1. The highest BCUT2D eigenvalue weighted by molar-refractivity contribution is 5.62. The van der Waals surface area contributed by atoms with Crippen LogP contribution in [0.4, 0.5) is 17.6 Å². The molecule has 5 rings (SSSR count). The summed E-state index contributed by atoms with van der Waals surface area (Å²) in [6.45, 7) is 9.04.